The van der Waals surface area contributed by atoms with Gasteiger partial charge in [-0.1, -0.05) is 61.5 Å². The summed E-state index contributed by atoms with van der Waals surface area (Å²) in [5, 5.41) is 37.7. The van der Waals surface area contributed by atoms with Crippen molar-refractivity contribution in [3.63, 3.8) is 0 Å². The number of rotatable bonds is 10. The molecule has 5 aromatic rings. The van der Waals surface area contributed by atoms with Crippen molar-refractivity contribution in [3.05, 3.63) is 89.8 Å². The van der Waals surface area contributed by atoms with E-state index >= 15 is 0 Å². The van der Waals surface area contributed by atoms with E-state index in [2.05, 4.69) is 42.3 Å². The average Bonchev–Trinajstić information content (AvgIpc) is 3.84. The Kier molecular flexibility index (Phi) is 8.91. The smallest absolute Gasteiger partial charge is 0.243 e. The Hall–Kier alpha value is -5.23. The number of carbonyl (C=O) groups is 2. The second kappa shape index (κ2) is 13.8. The van der Waals surface area contributed by atoms with Gasteiger partial charge in [-0.05, 0) is 74.8 Å². The number of β-amino-alcohol motifs (C(OH)–C–C–N with tert-alkyl or cyclic N) is 1. The zero-order valence-electron chi connectivity index (χ0n) is 31.6. The average molecular weight is 744 g/mol. The first-order valence-corrected chi connectivity index (χ1v) is 19.8. The van der Waals surface area contributed by atoms with E-state index in [4.69, 9.17) is 4.52 Å². The van der Waals surface area contributed by atoms with Crippen molar-refractivity contribution >= 4 is 28.7 Å². The first-order chi connectivity index (χ1) is 26.6. The van der Waals surface area contributed by atoms with E-state index in [1.165, 1.54) is 17.0 Å². The third kappa shape index (κ3) is 6.33. The van der Waals surface area contributed by atoms with E-state index in [0.717, 1.165) is 61.2 Å². The largest absolute Gasteiger partial charge is 0.507 e. The lowest BCUT2D eigenvalue weighted by Crippen LogP contribution is -2.62. The molecule has 55 heavy (non-hydrogen) atoms. The predicted molar refractivity (Wildman–Crippen MR) is 207 cm³/mol. The topological polar surface area (TPSA) is 150 Å². The number of aliphatic hydroxyl groups is 1. The van der Waals surface area contributed by atoms with Crippen LogP contribution in [0.5, 0.6) is 5.75 Å². The molecule has 2 aliphatic heterocycles. The summed E-state index contributed by atoms with van der Waals surface area (Å²) >= 11 is 0. The van der Waals surface area contributed by atoms with Crippen LogP contribution >= 0.6 is 0 Å². The van der Waals surface area contributed by atoms with Gasteiger partial charge in [-0.2, -0.15) is 0 Å². The molecule has 2 aromatic carbocycles. The minimum absolute atomic E-state index is 0.0979. The molecule has 286 valence electrons. The number of carbonyl (C=O) groups excluding carboxylic acids is 2. The summed E-state index contributed by atoms with van der Waals surface area (Å²) in [6, 6.07) is 22.6. The molecule has 1 unspecified atom stereocenters. The van der Waals surface area contributed by atoms with Gasteiger partial charge in [0, 0.05) is 60.8 Å². The van der Waals surface area contributed by atoms with Crippen LogP contribution < -0.4 is 10.2 Å². The van der Waals surface area contributed by atoms with Gasteiger partial charge in [0.15, 0.2) is 11.6 Å². The van der Waals surface area contributed by atoms with Crippen molar-refractivity contribution in [1.82, 2.24) is 30.1 Å². The molecule has 4 atom stereocenters. The van der Waals surface area contributed by atoms with E-state index in [1.54, 1.807) is 6.07 Å². The third-order valence-corrected chi connectivity index (χ3v) is 12.7. The maximum Gasteiger partial charge on any atom is 0.243 e. The van der Waals surface area contributed by atoms with Gasteiger partial charge in [0.1, 0.15) is 23.2 Å². The highest BCUT2D eigenvalue weighted by molar-refractivity contribution is 5.91. The highest BCUT2D eigenvalue weighted by Gasteiger charge is 2.54. The Morgan fingerprint density at radius 2 is 1.71 bits per heavy atom. The maximum atomic E-state index is 14.2. The fourth-order valence-corrected chi connectivity index (χ4v) is 9.53. The molecule has 1 spiro atoms. The van der Waals surface area contributed by atoms with Gasteiger partial charge in [-0.3, -0.25) is 9.59 Å². The summed E-state index contributed by atoms with van der Waals surface area (Å²) in [6.45, 7) is 7.70. The first kappa shape index (κ1) is 35.5. The number of benzene rings is 2. The number of aromatic hydroxyl groups is 1. The van der Waals surface area contributed by atoms with Gasteiger partial charge in [-0.25, -0.2) is 0 Å². The van der Waals surface area contributed by atoms with E-state index in [9.17, 15) is 19.8 Å². The first-order valence-electron chi connectivity index (χ1n) is 19.8. The van der Waals surface area contributed by atoms with Crippen LogP contribution in [0.2, 0.25) is 0 Å². The zero-order valence-corrected chi connectivity index (χ0v) is 31.6. The summed E-state index contributed by atoms with van der Waals surface area (Å²) < 4.78 is 8.40. The molecule has 2 saturated carbocycles. The van der Waals surface area contributed by atoms with Gasteiger partial charge in [0.2, 0.25) is 11.8 Å². The number of phenolic OH excluding ortho intramolecular Hbond substituents is 1. The van der Waals surface area contributed by atoms with Crippen LogP contribution in [0.25, 0.3) is 22.3 Å². The van der Waals surface area contributed by atoms with Crippen molar-refractivity contribution in [1.29, 1.82) is 0 Å². The minimum Gasteiger partial charge on any atom is -0.507 e. The Morgan fingerprint density at radius 3 is 2.42 bits per heavy atom. The number of nitrogens with zero attached hydrogens (tertiary/aromatic N) is 6. The van der Waals surface area contributed by atoms with Crippen LogP contribution in [0.4, 0.5) is 5.82 Å². The zero-order chi connectivity index (χ0) is 38.0. The molecule has 0 bridgehead atoms. The molecule has 3 N–H and O–H groups in total. The number of nitrogens with one attached hydrogen (secondary N) is 1. The van der Waals surface area contributed by atoms with Crippen LogP contribution in [0.3, 0.4) is 0 Å². The summed E-state index contributed by atoms with van der Waals surface area (Å²) in [5.41, 5.74) is 5.87. The Morgan fingerprint density at radius 1 is 0.964 bits per heavy atom. The number of likely N-dealkylation sites (tertiary alicyclic amines) is 1. The third-order valence-electron chi connectivity index (χ3n) is 12.7. The lowest BCUT2D eigenvalue weighted by Gasteiger charge is -2.59. The van der Waals surface area contributed by atoms with Crippen LogP contribution in [-0.4, -0.2) is 78.6 Å². The standard InChI is InChI=1S/C43H49N7O5/c1-25(2)40(42(54)49-22-30(51)16-36(49)41(53)44-26(3)27-10-5-4-6-11-27)38-19-39(47-55-38)48-23-43(24-48)20-28(21-43)34-18-33-35(50(34)29-12-9-13-29)17-32(45-46-33)31-14-7-8-15-37(31)52/h4-8,10-11,14-15,17-19,25-26,28-30,36,40,51-52H,9,12-13,16,20-24H2,1-3H3,(H,44,53)/t26-,30+,36-,40?/m0/s1. The predicted octanol–water partition coefficient (Wildman–Crippen LogP) is 6.48. The monoisotopic (exact) mass is 743 g/mol. The lowest BCUT2D eigenvalue weighted by atomic mass is 9.57. The molecule has 4 fully saturated rings. The molecule has 2 saturated heterocycles. The molecule has 4 aliphatic rings. The second-order valence-electron chi connectivity index (χ2n) is 16.8. The highest BCUT2D eigenvalue weighted by atomic mass is 16.5. The number of amides is 2. The molecular formula is C43H49N7O5. The molecule has 2 amide bonds. The molecule has 5 heterocycles. The summed E-state index contributed by atoms with van der Waals surface area (Å²) in [7, 11) is 0. The molecular weight excluding hydrogens is 695 g/mol. The molecule has 12 nitrogen and oxygen atoms in total. The Bertz CT molecular complexity index is 2210. The number of anilines is 1. The number of aromatic nitrogens is 4. The fraction of sp³-hybridized carbons (Fsp3) is 0.465. The molecule has 9 rings (SSSR count). The van der Waals surface area contributed by atoms with Crippen molar-refractivity contribution < 1.29 is 24.3 Å². The van der Waals surface area contributed by atoms with Crippen molar-refractivity contribution in [2.24, 2.45) is 11.3 Å². The van der Waals surface area contributed by atoms with E-state index in [0.29, 0.717) is 29.0 Å². The van der Waals surface area contributed by atoms with Gasteiger partial charge in [0.05, 0.1) is 23.4 Å². The van der Waals surface area contributed by atoms with Crippen LogP contribution in [0.15, 0.2) is 77.3 Å². The molecule has 3 aromatic heterocycles. The molecule has 2 aliphatic carbocycles. The van der Waals surface area contributed by atoms with Crippen molar-refractivity contribution in [2.45, 2.75) is 95.4 Å². The number of para-hydroxylation sites is 1. The van der Waals surface area contributed by atoms with Crippen LogP contribution in [0, 0.1) is 11.3 Å². The number of aliphatic hydroxyl groups excluding tert-OH is 1. The lowest BCUT2D eigenvalue weighted by molar-refractivity contribution is -0.141. The van der Waals surface area contributed by atoms with Crippen molar-refractivity contribution in [3.8, 4) is 17.0 Å². The van der Waals surface area contributed by atoms with Crippen LogP contribution in [-0.2, 0) is 9.59 Å². The number of hydrogen-bond acceptors (Lipinski definition) is 9. The molecule has 12 heteroatoms. The molecule has 0 radical (unpaired) electrons. The van der Waals surface area contributed by atoms with Crippen molar-refractivity contribution in [2.75, 3.05) is 24.5 Å². The quantitative estimate of drug-likeness (QED) is 0.146. The maximum absolute atomic E-state index is 14.2. The summed E-state index contributed by atoms with van der Waals surface area (Å²) in [6.07, 6.45) is 5.11. The second-order valence-corrected chi connectivity index (χ2v) is 16.8. The minimum atomic E-state index is -0.780. The normalized spacial score (nSPS) is 22.1. The Labute approximate surface area is 320 Å². The Balaban J connectivity index is 0.869. The SMILES string of the molecule is CC(C)C(C(=O)N1C[C@H](O)C[C@H]1C(=O)N[C@@H](C)c1ccccc1)c1cc(N2CC3(CC(c4cc5nnc(-c6ccccc6O)cc5n4C4CCC4)C3)C2)no1. The van der Waals surface area contributed by atoms with Gasteiger partial charge in [0.25, 0.3) is 0 Å². The number of fused-ring (bicyclic) bond motifs is 1. The number of phenols is 1. The van der Waals surface area contributed by atoms with Crippen LogP contribution in [0.1, 0.15) is 100 Å². The van der Waals surface area contributed by atoms with E-state index < -0.39 is 18.1 Å². The fourth-order valence-electron chi connectivity index (χ4n) is 9.53. The van der Waals surface area contributed by atoms with E-state index in [1.807, 2.05) is 75.4 Å². The van der Waals surface area contributed by atoms with Gasteiger partial charge >= 0.3 is 0 Å². The van der Waals surface area contributed by atoms with E-state index in [-0.39, 0.29) is 47.9 Å². The number of hydrogen-bond donors (Lipinski definition) is 3. The summed E-state index contributed by atoms with van der Waals surface area (Å²) in [4.78, 5) is 31.4. The van der Waals surface area contributed by atoms with Gasteiger partial charge in [-0.15, -0.1) is 10.2 Å². The highest BCUT2D eigenvalue weighted by Crippen LogP contribution is 2.58. The van der Waals surface area contributed by atoms with Gasteiger partial charge < -0.3 is 34.4 Å². The summed E-state index contributed by atoms with van der Waals surface area (Å²) in [5.74, 6) is 0.577.